The van der Waals surface area contributed by atoms with Gasteiger partial charge in [0.1, 0.15) is 18.0 Å². The van der Waals surface area contributed by atoms with Crippen LogP contribution in [0.2, 0.25) is 0 Å². The summed E-state index contributed by atoms with van der Waals surface area (Å²) in [7, 11) is 0. The topological polar surface area (TPSA) is 80.5 Å². The van der Waals surface area contributed by atoms with E-state index in [0.717, 1.165) is 42.6 Å². The van der Waals surface area contributed by atoms with Crippen molar-refractivity contribution in [2.24, 2.45) is 0 Å². The predicted octanol–water partition coefficient (Wildman–Crippen LogP) is 4.84. The minimum Gasteiger partial charge on any atom is -0.493 e. The molecule has 7 heteroatoms. The monoisotopic (exact) mass is 488 g/mol. The summed E-state index contributed by atoms with van der Waals surface area (Å²) >= 11 is 0. The summed E-state index contributed by atoms with van der Waals surface area (Å²) in [6.07, 6.45) is 6.01. The summed E-state index contributed by atoms with van der Waals surface area (Å²) in [5.74, 6) is 0.394. The lowest BCUT2D eigenvalue weighted by Crippen LogP contribution is -2.32. The Kier molecular flexibility index (Phi) is 7.89. The summed E-state index contributed by atoms with van der Waals surface area (Å²) in [6.45, 7) is 13.8. The Morgan fingerprint density at radius 3 is 2.44 bits per heavy atom. The van der Waals surface area contributed by atoms with Gasteiger partial charge < -0.3 is 14.7 Å². The van der Waals surface area contributed by atoms with Crippen LogP contribution in [-0.2, 0) is 24.2 Å². The van der Waals surface area contributed by atoms with Gasteiger partial charge in [-0.05, 0) is 61.9 Å². The maximum atomic E-state index is 14.2. The first-order chi connectivity index (χ1) is 17.3. The zero-order valence-electron chi connectivity index (χ0n) is 21.7. The van der Waals surface area contributed by atoms with Crippen molar-refractivity contribution in [2.45, 2.75) is 65.6 Å². The first kappa shape index (κ1) is 25.6. The maximum absolute atomic E-state index is 14.2. The van der Waals surface area contributed by atoms with Crippen LogP contribution in [0.5, 0.6) is 5.88 Å². The van der Waals surface area contributed by atoms with Gasteiger partial charge in [-0.2, -0.15) is 4.98 Å². The van der Waals surface area contributed by atoms with E-state index in [-0.39, 0.29) is 29.7 Å². The second kappa shape index (κ2) is 11.1. The van der Waals surface area contributed by atoms with E-state index < -0.39 is 0 Å². The fourth-order valence-electron chi connectivity index (χ4n) is 4.95. The van der Waals surface area contributed by atoms with Crippen molar-refractivity contribution in [3.8, 4) is 11.6 Å². The molecule has 1 saturated heterocycles. The highest BCUT2D eigenvalue weighted by Crippen LogP contribution is 2.33. The van der Waals surface area contributed by atoms with E-state index in [2.05, 4.69) is 35.3 Å². The molecule has 0 bridgehead atoms. The quantitative estimate of drug-likeness (QED) is 0.464. The minimum atomic E-state index is -0.321. The summed E-state index contributed by atoms with van der Waals surface area (Å²) in [5.41, 5.74) is 4.46. The Balaban J connectivity index is 1.81. The number of ether oxygens (including phenoxy) is 1. The average molecular weight is 489 g/mol. The number of pyridine rings is 1. The fourth-order valence-corrected chi connectivity index (χ4v) is 4.95. The number of nitrogens with zero attached hydrogens (tertiary/aromatic N) is 4. The molecule has 1 fully saturated rings. The zero-order chi connectivity index (χ0) is 25.8. The van der Waals surface area contributed by atoms with Crippen LogP contribution in [0.3, 0.4) is 0 Å². The Bertz CT molecular complexity index is 1260. The number of para-hydroxylation sites is 1. The first-order valence-corrected chi connectivity index (χ1v) is 12.8. The van der Waals surface area contributed by atoms with Gasteiger partial charge in [0.2, 0.25) is 5.88 Å². The van der Waals surface area contributed by atoms with Crippen LogP contribution in [0.15, 0.2) is 54.1 Å². The Morgan fingerprint density at radius 1 is 1.17 bits per heavy atom. The summed E-state index contributed by atoms with van der Waals surface area (Å²) < 4.78 is 7.47. The van der Waals surface area contributed by atoms with Gasteiger partial charge in [-0.3, -0.25) is 14.3 Å². The number of aromatic nitrogens is 3. The highest BCUT2D eigenvalue weighted by Gasteiger charge is 2.30. The Morgan fingerprint density at radius 2 is 1.83 bits per heavy atom. The lowest BCUT2D eigenvalue weighted by atomic mass is 10.00. The predicted molar refractivity (Wildman–Crippen MR) is 142 cm³/mol. The molecule has 190 valence electrons. The molecule has 0 spiro atoms. The molecule has 3 aromatic rings. The lowest BCUT2D eigenvalue weighted by Gasteiger charge is -2.24. The van der Waals surface area contributed by atoms with Gasteiger partial charge in [0.25, 0.3) is 5.56 Å². The Labute approximate surface area is 213 Å². The molecule has 3 heterocycles. The van der Waals surface area contributed by atoms with E-state index in [1.54, 1.807) is 17.0 Å². The third-order valence-corrected chi connectivity index (χ3v) is 6.90. The van der Waals surface area contributed by atoms with Gasteiger partial charge in [-0.25, -0.2) is 0 Å². The van der Waals surface area contributed by atoms with E-state index in [0.29, 0.717) is 24.0 Å². The van der Waals surface area contributed by atoms with Gasteiger partial charge in [-0.1, -0.05) is 38.6 Å². The molecule has 0 radical (unpaired) electrons. The summed E-state index contributed by atoms with van der Waals surface area (Å²) in [6, 6.07) is 10.2. The fraction of sp³-hybridized carbons (Fsp3) is 0.414. The smallest absolute Gasteiger partial charge is 0.271 e. The van der Waals surface area contributed by atoms with E-state index in [9.17, 15) is 9.90 Å². The van der Waals surface area contributed by atoms with E-state index in [4.69, 9.17) is 4.74 Å². The van der Waals surface area contributed by atoms with E-state index >= 15 is 0 Å². The van der Waals surface area contributed by atoms with Crippen LogP contribution in [0.4, 0.5) is 0 Å². The number of likely N-dealkylation sites (tertiary alicyclic amines) is 1. The number of aryl methyl sites for hydroxylation is 2. The molecule has 2 aromatic heterocycles. The molecule has 0 saturated carbocycles. The highest BCUT2D eigenvalue weighted by molar-refractivity contribution is 5.66. The van der Waals surface area contributed by atoms with Crippen LogP contribution in [0.25, 0.3) is 11.4 Å². The van der Waals surface area contributed by atoms with Crippen LogP contribution in [0, 0.1) is 0 Å². The van der Waals surface area contributed by atoms with Crippen LogP contribution in [0.1, 0.15) is 68.1 Å². The molecule has 1 atom stereocenters. The number of benzene rings is 1. The van der Waals surface area contributed by atoms with Crippen LogP contribution in [-0.4, -0.2) is 43.7 Å². The second-order valence-electron chi connectivity index (χ2n) is 9.52. The third-order valence-electron chi connectivity index (χ3n) is 6.90. The molecular formula is C29H36N4O3. The van der Waals surface area contributed by atoms with Crippen molar-refractivity contribution in [1.82, 2.24) is 19.4 Å². The lowest BCUT2D eigenvalue weighted by molar-refractivity contribution is 0.0595. The molecule has 0 amide bonds. The third kappa shape index (κ3) is 5.07. The molecule has 1 N–H and O–H groups in total. The van der Waals surface area contributed by atoms with Crippen molar-refractivity contribution in [3.63, 3.8) is 0 Å². The van der Waals surface area contributed by atoms with Crippen molar-refractivity contribution >= 4 is 5.70 Å². The Hall–Kier alpha value is -3.45. The van der Waals surface area contributed by atoms with Gasteiger partial charge >= 0.3 is 0 Å². The SMILES string of the molecule is C=C(c1c(O)nc(COC(C)C)n(-c2c(CC)cccc2CC)c1=O)N1CCC(c2ccncc2)C1. The molecule has 4 rings (SSSR count). The highest BCUT2D eigenvalue weighted by atomic mass is 16.5. The minimum absolute atomic E-state index is 0.0473. The molecule has 7 nitrogen and oxygen atoms in total. The second-order valence-corrected chi connectivity index (χ2v) is 9.52. The van der Waals surface area contributed by atoms with Crippen LogP contribution >= 0.6 is 0 Å². The number of hydrogen-bond donors (Lipinski definition) is 1. The van der Waals surface area contributed by atoms with Crippen molar-refractivity contribution in [2.75, 3.05) is 13.1 Å². The standard InChI is InChI=1S/C29H36N4O3/c1-6-21-9-8-10-22(7-2)27(21)33-25(18-36-19(3)4)31-28(34)26(29(33)35)20(5)32-16-13-24(17-32)23-11-14-30-15-12-23/h8-12,14-15,19,24,34H,5-7,13,16-18H2,1-4H3. The van der Waals surface area contributed by atoms with E-state index in [1.165, 1.54) is 5.56 Å². The molecular weight excluding hydrogens is 452 g/mol. The van der Waals surface area contributed by atoms with Gasteiger partial charge in [-0.15, -0.1) is 0 Å². The first-order valence-electron chi connectivity index (χ1n) is 12.8. The number of aromatic hydroxyl groups is 1. The van der Waals surface area contributed by atoms with Crippen molar-refractivity contribution < 1.29 is 9.84 Å². The molecule has 1 unspecified atom stereocenters. The van der Waals surface area contributed by atoms with E-state index in [1.807, 2.05) is 44.2 Å². The largest absolute Gasteiger partial charge is 0.493 e. The van der Waals surface area contributed by atoms with Crippen LogP contribution < -0.4 is 5.56 Å². The molecule has 1 aromatic carbocycles. The maximum Gasteiger partial charge on any atom is 0.271 e. The van der Waals surface area contributed by atoms with Gasteiger partial charge in [0.05, 0.1) is 11.8 Å². The summed E-state index contributed by atoms with van der Waals surface area (Å²) in [4.78, 5) is 24.8. The molecule has 1 aliphatic rings. The molecule has 1 aliphatic heterocycles. The number of hydrogen-bond acceptors (Lipinski definition) is 6. The van der Waals surface area contributed by atoms with Gasteiger partial charge in [0, 0.05) is 37.1 Å². The molecule has 0 aliphatic carbocycles. The van der Waals surface area contributed by atoms with Gasteiger partial charge in [0.15, 0.2) is 0 Å². The number of rotatable bonds is 9. The van der Waals surface area contributed by atoms with Crippen molar-refractivity contribution in [1.29, 1.82) is 0 Å². The average Bonchev–Trinajstić information content (AvgIpc) is 3.38. The van der Waals surface area contributed by atoms with Crippen molar-refractivity contribution in [3.05, 3.63) is 87.7 Å². The normalized spacial score (nSPS) is 15.6. The molecule has 36 heavy (non-hydrogen) atoms. The zero-order valence-corrected chi connectivity index (χ0v) is 21.7. The summed E-state index contributed by atoms with van der Waals surface area (Å²) in [5, 5.41) is 11.0.